The molecule has 2 saturated carbocycles. The van der Waals surface area contributed by atoms with Gasteiger partial charge in [-0.15, -0.1) is 11.3 Å². The number of aromatic nitrogens is 2. The highest BCUT2D eigenvalue weighted by atomic mass is 32.2. The van der Waals surface area contributed by atoms with Crippen LogP contribution in [0.5, 0.6) is 5.88 Å². The number of nitrogens with one attached hydrogen (secondary N) is 2. The number of fused-ring (bicyclic) bond motifs is 3. The molecule has 13 nitrogen and oxygen atoms in total. The summed E-state index contributed by atoms with van der Waals surface area (Å²) in [4.78, 5) is 53.1. The standard InChI is InChI=1S/C32H37N7O6S2/c33-39-15-7-3-1-2-4-9-20-18-32(20,30(41)37-47(43,44)22-13-14-22)36-28(40)25-17-21(19-38(25)31(39)42)45-29-27(26-12-8-16-46-26)34-23-10-5-6-11-24(23)35-29/h4-6,8-12,16,20-22,25H,1-3,7,13-15,17-19,33H2,(H,36,40)(H,37,41)/b9-4-/t20-,21-,25+,32+/m1/s1. The number of nitrogens with zero attached hydrogens (tertiary/aromatic N) is 4. The lowest BCUT2D eigenvalue weighted by molar-refractivity contribution is -0.131. The van der Waals surface area contributed by atoms with Gasteiger partial charge >= 0.3 is 6.03 Å². The average Bonchev–Trinajstić information content (AvgIpc) is 3.92. The Hall–Kier alpha value is -4.08. The van der Waals surface area contributed by atoms with Crippen molar-refractivity contribution in [3.63, 3.8) is 0 Å². The highest BCUT2D eigenvalue weighted by Gasteiger charge is 2.62. The van der Waals surface area contributed by atoms with Gasteiger partial charge < -0.3 is 15.0 Å². The van der Waals surface area contributed by atoms with Gasteiger partial charge in [0.1, 0.15) is 23.4 Å². The van der Waals surface area contributed by atoms with Crippen LogP contribution in [0, 0.1) is 5.92 Å². The van der Waals surface area contributed by atoms with Crippen LogP contribution in [-0.4, -0.2) is 82.2 Å². The van der Waals surface area contributed by atoms with Crippen LogP contribution in [0.3, 0.4) is 0 Å². The number of hydrogen-bond acceptors (Lipinski definition) is 10. The SMILES string of the molecule is NN1CCCCC/C=C\[C@@H]2C[C@]2(C(=O)NS(=O)(=O)C2CC2)NC(=O)[C@@H]2C[C@@H](Oc3nc4ccccc4nc3-c3cccs3)CN2C1=O. The maximum absolute atomic E-state index is 14.1. The molecule has 4 atom stereocenters. The van der Waals surface area contributed by atoms with E-state index in [-0.39, 0.29) is 31.2 Å². The van der Waals surface area contributed by atoms with Crippen molar-refractivity contribution in [2.45, 2.75) is 74.3 Å². The van der Waals surface area contributed by atoms with Gasteiger partial charge in [-0.05, 0) is 62.1 Å². The number of para-hydroxylation sites is 2. The largest absolute Gasteiger partial charge is 0.471 e. The minimum atomic E-state index is -3.84. The van der Waals surface area contributed by atoms with Crippen LogP contribution in [0.2, 0.25) is 0 Å². The molecule has 2 aliphatic heterocycles. The number of benzene rings is 1. The van der Waals surface area contributed by atoms with E-state index in [4.69, 9.17) is 20.5 Å². The van der Waals surface area contributed by atoms with Gasteiger partial charge in [-0.2, -0.15) is 0 Å². The van der Waals surface area contributed by atoms with Crippen molar-refractivity contribution in [2.24, 2.45) is 11.8 Å². The Kier molecular flexibility index (Phi) is 8.39. The van der Waals surface area contributed by atoms with Crippen molar-refractivity contribution in [3.05, 3.63) is 53.9 Å². The predicted molar refractivity (Wildman–Crippen MR) is 175 cm³/mol. The van der Waals surface area contributed by atoms with Gasteiger partial charge in [0.25, 0.3) is 5.91 Å². The number of hydrogen-bond donors (Lipinski definition) is 3. The Morgan fingerprint density at radius 1 is 1.09 bits per heavy atom. The minimum Gasteiger partial charge on any atom is -0.471 e. The van der Waals surface area contributed by atoms with Gasteiger partial charge in [0.2, 0.25) is 21.8 Å². The molecule has 1 aromatic carbocycles. The molecule has 0 bridgehead atoms. The molecule has 0 unspecified atom stereocenters. The summed E-state index contributed by atoms with van der Waals surface area (Å²) in [6.07, 6.45) is 7.67. The monoisotopic (exact) mass is 679 g/mol. The molecule has 2 aliphatic carbocycles. The summed E-state index contributed by atoms with van der Waals surface area (Å²) in [5, 5.41) is 5.33. The molecule has 0 radical (unpaired) electrons. The molecular weight excluding hydrogens is 643 g/mol. The van der Waals surface area contributed by atoms with Gasteiger partial charge in [-0.25, -0.2) is 29.0 Å². The van der Waals surface area contributed by atoms with Crippen molar-refractivity contribution < 1.29 is 27.5 Å². The number of ether oxygens (including phenoxy) is 1. The Labute approximate surface area is 276 Å². The summed E-state index contributed by atoms with van der Waals surface area (Å²) in [7, 11) is -3.84. The van der Waals surface area contributed by atoms with Crippen molar-refractivity contribution in [1.82, 2.24) is 29.9 Å². The summed E-state index contributed by atoms with van der Waals surface area (Å²) >= 11 is 1.49. The summed E-state index contributed by atoms with van der Waals surface area (Å²) in [6, 6.07) is 9.72. The fourth-order valence-corrected chi connectivity index (χ4v) is 8.42. The number of carbonyl (C=O) groups is 3. The van der Waals surface area contributed by atoms with Crippen LogP contribution in [0.1, 0.15) is 51.4 Å². The van der Waals surface area contributed by atoms with Gasteiger partial charge in [0, 0.05) is 18.9 Å². The number of rotatable bonds is 6. The summed E-state index contributed by atoms with van der Waals surface area (Å²) in [5.41, 5.74) is 0.456. The van der Waals surface area contributed by atoms with Crippen LogP contribution in [0.25, 0.3) is 21.6 Å². The lowest BCUT2D eigenvalue weighted by atomic mass is 10.1. The highest BCUT2D eigenvalue weighted by Crippen LogP contribution is 2.46. The molecule has 4 amide bonds. The molecule has 1 saturated heterocycles. The number of thiophene rings is 1. The lowest BCUT2D eigenvalue weighted by Gasteiger charge is -2.29. The van der Waals surface area contributed by atoms with E-state index in [0.29, 0.717) is 42.5 Å². The number of allylic oxidation sites excluding steroid dienone is 1. The second kappa shape index (κ2) is 12.5. The molecular formula is C32H37N7O6S2. The maximum atomic E-state index is 14.1. The van der Waals surface area contributed by atoms with Crippen molar-refractivity contribution in [3.8, 4) is 16.5 Å². The molecule has 4 aliphatic rings. The molecule has 0 spiro atoms. The van der Waals surface area contributed by atoms with Crippen LogP contribution in [0.15, 0.2) is 53.9 Å². The topological polar surface area (TPSA) is 177 Å². The Balaban J connectivity index is 1.18. The van der Waals surface area contributed by atoms with Gasteiger partial charge in [-0.3, -0.25) is 19.3 Å². The van der Waals surface area contributed by atoms with Crippen LogP contribution < -0.4 is 20.6 Å². The first-order valence-electron chi connectivity index (χ1n) is 16.0. The lowest BCUT2D eigenvalue weighted by Crippen LogP contribution is -2.58. The van der Waals surface area contributed by atoms with Crippen LogP contribution in [0.4, 0.5) is 4.79 Å². The molecule has 4 heterocycles. The number of nitrogens with two attached hydrogens (primary N) is 1. The first-order valence-corrected chi connectivity index (χ1v) is 18.4. The average molecular weight is 680 g/mol. The zero-order valence-electron chi connectivity index (χ0n) is 25.7. The first kappa shape index (κ1) is 31.5. The van der Waals surface area contributed by atoms with E-state index in [0.717, 1.165) is 29.1 Å². The number of amides is 4. The number of sulfonamides is 1. The highest BCUT2D eigenvalue weighted by molar-refractivity contribution is 7.91. The van der Waals surface area contributed by atoms with Crippen LogP contribution >= 0.6 is 11.3 Å². The van der Waals surface area contributed by atoms with Crippen molar-refractivity contribution >= 4 is 50.2 Å². The zero-order valence-corrected chi connectivity index (χ0v) is 27.3. The van der Waals surface area contributed by atoms with Gasteiger partial charge in [0.05, 0.1) is 27.7 Å². The van der Waals surface area contributed by atoms with E-state index in [1.54, 1.807) is 0 Å². The van der Waals surface area contributed by atoms with E-state index >= 15 is 0 Å². The van der Waals surface area contributed by atoms with E-state index in [9.17, 15) is 22.8 Å². The fraction of sp³-hybridized carbons (Fsp3) is 0.469. The second-order valence-electron chi connectivity index (χ2n) is 12.7. The fourth-order valence-electron chi connectivity index (χ4n) is 6.35. The van der Waals surface area contributed by atoms with E-state index in [2.05, 4.69) is 10.0 Å². The second-order valence-corrected chi connectivity index (χ2v) is 15.6. The molecule has 3 aromatic rings. The summed E-state index contributed by atoms with van der Waals surface area (Å²) < 4.78 is 34.1. The Bertz CT molecular complexity index is 1830. The van der Waals surface area contributed by atoms with E-state index < -0.39 is 50.8 Å². The number of carbonyl (C=O) groups excluding carboxylic acids is 3. The smallest absolute Gasteiger partial charge is 0.334 e. The molecule has 248 valence electrons. The molecule has 4 N–H and O–H groups in total. The Morgan fingerprint density at radius 2 is 1.87 bits per heavy atom. The van der Waals surface area contributed by atoms with Crippen molar-refractivity contribution in [2.75, 3.05) is 13.1 Å². The van der Waals surface area contributed by atoms with Gasteiger partial charge in [0.15, 0.2) is 0 Å². The number of urea groups is 1. The number of hydrazine groups is 1. The minimum absolute atomic E-state index is 0.0432. The zero-order chi connectivity index (χ0) is 32.8. The third-order valence-corrected chi connectivity index (χ3v) is 11.9. The van der Waals surface area contributed by atoms with Gasteiger partial charge in [-0.1, -0.05) is 36.8 Å². The molecule has 2 aromatic heterocycles. The Morgan fingerprint density at radius 3 is 2.62 bits per heavy atom. The molecule has 3 fully saturated rings. The van der Waals surface area contributed by atoms with E-state index in [1.165, 1.54) is 16.2 Å². The third kappa shape index (κ3) is 6.43. The third-order valence-electron chi connectivity index (χ3n) is 9.23. The normalized spacial score (nSPS) is 27.6. The maximum Gasteiger partial charge on any atom is 0.334 e. The quantitative estimate of drug-likeness (QED) is 0.201. The summed E-state index contributed by atoms with van der Waals surface area (Å²) in [6.45, 7) is 0.354. The molecule has 15 heteroatoms. The van der Waals surface area contributed by atoms with Crippen LogP contribution in [-0.2, 0) is 19.6 Å². The molecule has 7 rings (SSSR count). The predicted octanol–water partition coefficient (Wildman–Crippen LogP) is 3.09. The summed E-state index contributed by atoms with van der Waals surface area (Å²) in [5.74, 6) is 4.79. The first-order chi connectivity index (χ1) is 22.6. The van der Waals surface area contributed by atoms with Crippen molar-refractivity contribution in [1.29, 1.82) is 0 Å². The van der Waals surface area contributed by atoms with E-state index in [1.807, 2.05) is 53.9 Å². The molecule has 47 heavy (non-hydrogen) atoms.